The monoisotopic (exact) mass is 286 g/mol. The van der Waals surface area contributed by atoms with E-state index in [9.17, 15) is 4.79 Å². The van der Waals surface area contributed by atoms with Crippen LogP contribution in [0.4, 0.5) is 0 Å². The number of nitrogens with one attached hydrogen (secondary N) is 1. The van der Waals surface area contributed by atoms with Crippen LogP contribution in [0.2, 0.25) is 0 Å². The van der Waals surface area contributed by atoms with Gasteiger partial charge in [0.05, 0.1) is 0 Å². The third-order valence-electron chi connectivity index (χ3n) is 5.50. The van der Waals surface area contributed by atoms with E-state index in [-0.39, 0.29) is 11.4 Å². The molecule has 1 aromatic rings. The highest BCUT2D eigenvalue weighted by atomic mass is 16.1. The van der Waals surface area contributed by atoms with Crippen molar-refractivity contribution in [2.45, 2.75) is 57.0 Å². The number of carbonyl (C=O) groups is 1. The zero-order chi connectivity index (χ0) is 14.9. The Balaban J connectivity index is 1.74. The number of hydrogen-bond acceptors (Lipinski definition) is 2. The zero-order valence-electron chi connectivity index (χ0n) is 13.2. The third-order valence-corrected chi connectivity index (χ3v) is 5.50. The summed E-state index contributed by atoms with van der Waals surface area (Å²) in [7, 11) is 2.23. The topological polar surface area (TPSA) is 32.3 Å². The molecule has 0 bridgehead atoms. The molecule has 1 saturated carbocycles. The van der Waals surface area contributed by atoms with Crippen LogP contribution in [0.1, 0.15) is 54.4 Å². The SMILES string of the molecule is Cc1ccc(C(=O)NC2CCN(C)C23CCCCC3)cc1. The largest absolute Gasteiger partial charge is 0.347 e. The van der Waals surface area contributed by atoms with E-state index in [1.165, 1.54) is 37.7 Å². The molecule has 114 valence electrons. The highest BCUT2D eigenvalue weighted by Gasteiger charge is 2.47. The van der Waals surface area contributed by atoms with Gasteiger partial charge in [-0.2, -0.15) is 0 Å². The molecule has 1 aromatic carbocycles. The number of carbonyl (C=O) groups excluding carboxylic acids is 1. The quantitative estimate of drug-likeness (QED) is 0.906. The summed E-state index contributed by atoms with van der Waals surface area (Å²) in [6.45, 7) is 3.14. The Labute approximate surface area is 127 Å². The van der Waals surface area contributed by atoms with Crippen LogP contribution in [0.25, 0.3) is 0 Å². The Kier molecular flexibility index (Phi) is 4.03. The van der Waals surface area contributed by atoms with E-state index in [2.05, 4.69) is 17.3 Å². The predicted molar refractivity (Wildman–Crippen MR) is 85.5 cm³/mol. The minimum atomic E-state index is 0.0836. The Hall–Kier alpha value is -1.35. The van der Waals surface area contributed by atoms with Gasteiger partial charge in [0.1, 0.15) is 0 Å². The maximum Gasteiger partial charge on any atom is 0.251 e. The number of likely N-dealkylation sites (tertiary alicyclic amines) is 1. The van der Waals surface area contributed by atoms with Gasteiger partial charge in [0, 0.05) is 23.7 Å². The molecular weight excluding hydrogens is 260 g/mol. The fourth-order valence-electron chi connectivity index (χ4n) is 4.13. The second-order valence-corrected chi connectivity index (χ2v) is 6.77. The van der Waals surface area contributed by atoms with E-state index >= 15 is 0 Å². The molecule has 1 aliphatic carbocycles. The van der Waals surface area contributed by atoms with Crippen LogP contribution in [0.3, 0.4) is 0 Å². The molecule has 3 rings (SSSR count). The summed E-state index contributed by atoms with van der Waals surface area (Å²) < 4.78 is 0. The molecule has 1 heterocycles. The molecule has 1 saturated heterocycles. The van der Waals surface area contributed by atoms with Gasteiger partial charge >= 0.3 is 0 Å². The average molecular weight is 286 g/mol. The Morgan fingerprint density at radius 3 is 2.52 bits per heavy atom. The van der Waals surface area contributed by atoms with E-state index in [1.54, 1.807) is 0 Å². The van der Waals surface area contributed by atoms with Crippen molar-refractivity contribution in [1.29, 1.82) is 0 Å². The van der Waals surface area contributed by atoms with Crippen molar-refractivity contribution >= 4 is 5.91 Å². The molecule has 1 N–H and O–H groups in total. The van der Waals surface area contributed by atoms with Gasteiger partial charge in [0.2, 0.25) is 0 Å². The van der Waals surface area contributed by atoms with Crippen molar-refractivity contribution in [3.05, 3.63) is 35.4 Å². The van der Waals surface area contributed by atoms with Gasteiger partial charge in [-0.25, -0.2) is 0 Å². The maximum absolute atomic E-state index is 12.5. The first-order valence-electron chi connectivity index (χ1n) is 8.21. The molecule has 21 heavy (non-hydrogen) atoms. The fraction of sp³-hybridized carbons (Fsp3) is 0.611. The summed E-state index contributed by atoms with van der Waals surface area (Å²) in [4.78, 5) is 15.0. The average Bonchev–Trinajstić information content (AvgIpc) is 2.78. The lowest BCUT2D eigenvalue weighted by Gasteiger charge is -2.44. The number of nitrogens with zero attached hydrogens (tertiary/aromatic N) is 1. The van der Waals surface area contributed by atoms with Crippen LogP contribution in [-0.2, 0) is 0 Å². The smallest absolute Gasteiger partial charge is 0.251 e. The van der Waals surface area contributed by atoms with E-state index in [0.717, 1.165) is 18.5 Å². The van der Waals surface area contributed by atoms with E-state index < -0.39 is 0 Å². The third kappa shape index (κ3) is 2.71. The normalized spacial score (nSPS) is 25.1. The summed E-state index contributed by atoms with van der Waals surface area (Å²) in [5.41, 5.74) is 2.18. The van der Waals surface area contributed by atoms with Crippen molar-refractivity contribution in [3.8, 4) is 0 Å². The highest BCUT2D eigenvalue weighted by molar-refractivity contribution is 5.94. The molecule has 1 spiro atoms. The zero-order valence-corrected chi connectivity index (χ0v) is 13.2. The minimum absolute atomic E-state index is 0.0836. The highest BCUT2D eigenvalue weighted by Crippen LogP contribution is 2.40. The van der Waals surface area contributed by atoms with Crippen molar-refractivity contribution in [2.75, 3.05) is 13.6 Å². The summed E-state index contributed by atoms with van der Waals surface area (Å²) in [5, 5.41) is 3.32. The van der Waals surface area contributed by atoms with Crippen LogP contribution < -0.4 is 5.32 Å². The van der Waals surface area contributed by atoms with Gasteiger partial charge in [-0.3, -0.25) is 9.69 Å². The van der Waals surface area contributed by atoms with Crippen LogP contribution >= 0.6 is 0 Å². The van der Waals surface area contributed by atoms with Crippen LogP contribution in [0, 0.1) is 6.92 Å². The lowest BCUT2D eigenvalue weighted by atomic mass is 9.77. The van der Waals surface area contributed by atoms with Gasteiger partial charge < -0.3 is 5.32 Å². The molecule has 1 atom stereocenters. The number of amides is 1. The lowest BCUT2D eigenvalue weighted by Crippen LogP contribution is -2.56. The van der Waals surface area contributed by atoms with Gasteiger partial charge in [-0.15, -0.1) is 0 Å². The van der Waals surface area contributed by atoms with Gasteiger partial charge in [-0.1, -0.05) is 37.0 Å². The maximum atomic E-state index is 12.5. The summed E-state index contributed by atoms with van der Waals surface area (Å²) in [6, 6.07) is 8.17. The first-order valence-corrected chi connectivity index (χ1v) is 8.21. The van der Waals surface area contributed by atoms with E-state index in [0.29, 0.717) is 6.04 Å². The Morgan fingerprint density at radius 1 is 1.19 bits per heavy atom. The van der Waals surface area contributed by atoms with Crippen molar-refractivity contribution in [2.24, 2.45) is 0 Å². The first kappa shape index (κ1) is 14.6. The molecule has 1 amide bonds. The van der Waals surface area contributed by atoms with Crippen molar-refractivity contribution in [3.63, 3.8) is 0 Å². The molecule has 3 heteroatoms. The molecule has 0 aromatic heterocycles. The van der Waals surface area contributed by atoms with E-state index in [1.807, 2.05) is 31.2 Å². The first-order chi connectivity index (χ1) is 10.1. The summed E-state index contributed by atoms with van der Waals surface area (Å²) >= 11 is 0. The van der Waals surface area contributed by atoms with Gasteiger partial charge in [-0.05, 0) is 45.4 Å². The molecule has 2 aliphatic rings. The lowest BCUT2D eigenvalue weighted by molar-refractivity contribution is 0.0764. The van der Waals surface area contributed by atoms with Crippen LogP contribution in [0.15, 0.2) is 24.3 Å². The van der Waals surface area contributed by atoms with Crippen molar-refractivity contribution in [1.82, 2.24) is 10.2 Å². The Morgan fingerprint density at radius 2 is 1.86 bits per heavy atom. The van der Waals surface area contributed by atoms with Crippen LogP contribution in [-0.4, -0.2) is 36.0 Å². The molecule has 0 radical (unpaired) electrons. The second-order valence-electron chi connectivity index (χ2n) is 6.77. The van der Waals surface area contributed by atoms with E-state index in [4.69, 9.17) is 0 Å². The summed E-state index contributed by atoms with van der Waals surface area (Å²) in [6.07, 6.45) is 7.45. The molecule has 1 aliphatic heterocycles. The predicted octanol–water partition coefficient (Wildman–Crippen LogP) is 3.13. The van der Waals surface area contributed by atoms with Gasteiger partial charge in [0.25, 0.3) is 5.91 Å². The molecule has 3 nitrogen and oxygen atoms in total. The molecule has 1 unspecified atom stereocenters. The molecular formula is C18H26N2O. The molecule has 2 fully saturated rings. The standard InChI is InChI=1S/C18H26N2O/c1-14-6-8-15(9-7-14)17(21)19-16-10-13-20(2)18(16)11-4-3-5-12-18/h6-9,16H,3-5,10-13H2,1-2H3,(H,19,21). The number of aryl methyl sites for hydroxylation is 1. The summed E-state index contributed by atoms with van der Waals surface area (Å²) in [5.74, 6) is 0.0836. The number of likely N-dealkylation sites (N-methyl/N-ethyl adjacent to an activating group) is 1. The number of benzene rings is 1. The van der Waals surface area contributed by atoms with Crippen molar-refractivity contribution < 1.29 is 4.79 Å². The minimum Gasteiger partial charge on any atom is -0.347 e. The fourth-order valence-corrected chi connectivity index (χ4v) is 4.13. The Bertz CT molecular complexity index is 502. The van der Waals surface area contributed by atoms with Gasteiger partial charge in [0.15, 0.2) is 0 Å². The number of rotatable bonds is 2. The number of hydrogen-bond donors (Lipinski definition) is 1. The van der Waals surface area contributed by atoms with Crippen LogP contribution in [0.5, 0.6) is 0 Å². The second kappa shape index (κ2) is 5.80.